The van der Waals surface area contributed by atoms with Crippen LogP contribution in [0.3, 0.4) is 0 Å². The number of amides is 2. The van der Waals surface area contributed by atoms with Crippen molar-refractivity contribution in [2.45, 2.75) is 39.2 Å². The normalized spacial score (nSPS) is 15.2. The van der Waals surface area contributed by atoms with Gasteiger partial charge in [0.1, 0.15) is 0 Å². The first-order chi connectivity index (χ1) is 8.06. The Hall–Kier alpha value is -1.71. The van der Waals surface area contributed by atoms with E-state index in [1.54, 1.807) is 0 Å². The quantitative estimate of drug-likeness (QED) is 0.687. The molecule has 0 aliphatic heterocycles. The first-order valence-corrected chi connectivity index (χ1v) is 6.00. The lowest BCUT2D eigenvalue weighted by atomic mass is 9.93. The molecular formula is C13H19N3O. The predicted molar refractivity (Wildman–Crippen MR) is 70.1 cm³/mol. The van der Waals surface area contributed by atoms with Crippen LogP contribution in [0.1, 0.15) is 30.4 Å². The van der Waals surface area contributed by atoms with Crippen molar-refractivity contribution >= 4 is 17.4 Å². The van der Waals surface area contributed by atoms with Gasteiger partial charge in [0.15, 0.2) is 0 Å². The molecule has 4 heteroatoms. The molecule has 1 fully saturated rings. The third-order valence-electron chi connectivity index (χ3n) is 3.35. The van der Waals surface area contributed by atoms with Crippen LogP contribution < -0.4 is 16.4 Å². The minimum Gasteiger partial charge on any atom is -0.397 e. The summed E-state index contributed by atoms with van der Waals surface area (Å²) in [6, 6.07) is 3.96. The molecule has 0 atom stereocenters. The average molecular weight is 233 g/mol. The molecule has 0 radical (unpaired) electrons. The molecule has 4 N–H and O–H groups in total. The van der Waals surface area contributed by atoms with Gasteiger partial charge in [-0.1, -0.05) is 0 Å². The molecular weight excluding hydrogens is 214 g/mol. The largest absolute Gasteiger partial charge is 0.397 e. The van der Waals surface area contributed by atoms with E-state index in [1.165, 1.54) is 6.42 Å². The molecule has 1 aromatic rings. The molecule has 1 aliphatic rings. The number of anilines is 2. The molecule has 4 nitrogen and oxygen atoms in total. The van der Waals surface area contributed by atoms with Crippen LogP contribution in [-0.4, -0.2) is 12.1 Å². The number of carbonyl (C=O) groups is 1. The number of hydrogen-bond acceptors (Lipinski definition) is 2. The molecule has 2 rings (SSSR count). The van der Waals surface area contributed by atoms with Gasteiger partial charge in [0.05, 0.1) is 11.4 Å². The molecule has 0 spiro atoms. The van der Waals surface area contributed by atoms with E-state index in [0.29, 0.717) is 17.4 Å². The average Bonchev–Trinajstić information content (AvgIpc) is 2.20. The fourth-order valence-electron chi connectivity index (χ4n) is 1.84. The van der Waals surface area contributed by atoms with Gasteiger partial charge in [-0.3, -0.25) is 0 Å². The molecule has 0 heterocycles. The highest BCUT2D eigenvalue weighted by molar-refractivity contribution is 5.93. The number of carbonyl (C=O) groups excluding carboxylic acids is 1. The summed E-state index contributed by atoms with van der Waals surface area (Å²) < 4.78 is 0. The van der Waals surface area contributed by atoms with E-state index in [0.717, 1.165) is 24.0 Å². The van der Waals surface area contributed by atoms with Gasteiger partial charge in [-0.05, 0) is 56.4 Å². The second-order valence-electron chi connectivity index (χ2n) is 4.75. The van der Waals surface area contributed by atoms with Crippen molar-refractivity contribution in [1.82, 2.24) is 5.32 Å². The number of urea groups is 1. The van der Waals surface area contributed by atoms with Gasteiger partial charge in [0, 0.05) is 6.04 Å². The Bertz CT molecular complexity index is 439. The third kappa shape index (κ3) is 2.70. The Balaban J connectivity index is 2.02. The summed E-state index contributed by atoms with van der Waals surface area (Å²) in [6.45, 7) is 4.01. The van der Waals surface area contributed by atoms with Crippen molar-refractivity contribution in [3.8, 4) is 0 Å². The number of hydrogen-bond donors (Lipinski definition) is 3. The number of rotatable bonds is 2. The molecule has 1 saturated carbocycles. The lowest BCUT2D eigenvalue weighted by molar-refractivity contribution is 0.240. The van der Waals surface area contributed by atoms with E-state index in [4.69, 9.17) is 5.73 Å². The van der Waals surface area contributed by atoms with Crippen LogP contribution in [0.25, 0.3) is 0 Å². The van der Waals surface area contributed by atoms with Crippen molar-refractivity contribution in [2.24, 2.45) is 0 Å². The van der Waals surface area contributed by atoms with Crippen molar-refractivity contribution in [3.63, 3.8) is 0 Å². The van der Waals surface area contributed by atoms with Gasteiger partial charge in [-0.25, -0.2) is 4.79 Å². The Morgan fingerprint density at radius 1 is 1.29 bits per heavy atom. The van der Waals surface area contributed by atoms with Crippen LogP contribution in [0.4, 0.5) is 16.2 Å². The molecule has 1 aliphatic carbocycles. The maximum absolute atomic E-state index is 11.7. The first kappa shape index (κ1) is 11.8. The van der Waals surface area contributed by atoms with Crippen LogP contribution >= 0.6 is 0 Å². The summed E-state index contributed by atoms with van der Waals surface area (Å²) in [5.41, 5.74) is 9.42. The summed E-state index contributed by atoms with van der Waals surface area (Å²) in [5, 5.41) is 5.72. The fraction of sp³-hybridized carbons (Fsp3) is 0.462. The Morgan fingerprint density at radius 2 is 1.94 bits per heavy atom. The van der Waals surface area contributed by atoms with Crippen LogP contribution in [-0.2, 0) is 0 Å². The first-order valence-electron chi connectivity index (χ1n) is 6.00. The summed E-state index contributed by atoms with van der Waals surface area (Å²) in [6.07, 6.45) is 3.36. The van der Waals surface area contributed by atoms with Crippen LogP contribution in [0.2, 0.25) is 0 Å². The zero-order valence-electron chi connectivity index (χ0n) is 10.3. The second-order valence-corrected chi connectivity index (χ2v) is 4.75. The van der Waals surface area contributed by atoms with E-state index >= 15 is 0 Å². The zero-order valence-corrected chi connectivity index (χ0v) is 10.3. The molecule has 0 saturated heterocycles. The van der Waals surface area contributed by atoms with Gasteiger partial charge in [-0.2, -0.15) is 0 Å². The van der Waals surface area contributed by atoms with E-state index in [1.807, 2.05) is 26.0 Å². The van der Waals surface area contributed by atoms with Crippen LogP contribution in [0.15, 0.2) is 12.1 Å². The topological polar surface area (TPSA) is 67.1 Å². The maximum Gasteiger partial charge on any atom is 0.319 e. The van der Waals surface area contributed by atoms with E-state index < -0.39 is 0 Å². The molecule has 1 aromatic carbocycles. The lowest BCUT2D eigenvalue weighted by Gasteiger charge is -2.26. The second kappa shape index (κ2) is 4.65. The highest BCUT2D eigenvalue weighted by Crippen LogP contribution is 2.23. The van der Waals surface area contributed by atoms with E-state index in [-0.39, 0.29) is 6.03 Å². The van der Waals surface area contributed by atoms with Gasteiger partial charge in [-0.15, -0.1) is 0 Å². The zero-order chi connectivity index (χ0) is 12.4. The van der Waals surface area contributed by atoms with Crippen molar-refractivity contribution in [3.05, 3.63) is 23.3 Å². The summed E-state index contributed by atoms with van der Waals surface area (Å²) in [5.74, 6) is 0. The van der Waals surface area contributed by atoms with E-state index in [9.17, 15) is 4.79 Å². The monoisotopic (exact) mass is 233 g/mol. The molecule has 92 valence electrons. The number of aryl methyl sites for hydroxylation is 2. The Labute approximate surface area is 102 Å². The molecule has 0 bridgehead atoms. The fourth-order valence-corrected chi connectivity index (χ4v) is 1.84. The highest BCUT2D eigenvalue weighted by atomic mass is 16.2. The minimum absolute atomic E-state index is 0.162. The Morgan fingerprint density at radius 3 is 2.53 bits per heavy atom. The van der Waals surface area contributed by atoms with E-state index in [2.05, 4.69) is 10.6 Å². The minimum atomic E-state index is -0.162. The summed E-state index contributed by atoms with van der Waals surface area (Å²) >= 11 is 0. The molecule has 0 aromatic heterocycles. The van der Waals surface area contributed by atoms with Crippen LogP contribution in [0.5, 0.6) is 0 Å². The standard InChI is InChI=1S/C13H19N3O/c1-8-6-11(14)12(7-9(8)2)16-13(17)15-10-4-3-5-10/h6-7,10H,3-5,14H2,1-2H3,(H2,15,16,17). The smallest absolute Gasteiger partial charge is 0.319 e. The van der Waals surface area contributed by atoms with Crippen LogP contribution in [0, 0.1) is 13.8 Å². The van der Waals surface area contributed by atoms with Gasteiger partial charge < -0.3 is 16.4 Å². The van der Waals surface area contributed by atoms with Gasteiger partial charge >= 0.3 is 6.03 Å². The third-order valence-corrected chi connectivity index (χ3v) is 3.35. The summed E-state index contributed by atoms with van der Waals surface area (Å²) in [7, 11) is 0. The molecule has 0 unspecified atom stereocenters. The predicted octanol–water partition coefficient (Wildman–Crippen LogP) is 2.56. The van der Waals surface area contributed by atoms with Crippen molar-refractivity contribution < 1.29 is 4.79 Å². The number of nitrogens with one attached hydrogen (secondary N) is 2. The number of nitrogen functional groups attached to an aromatic ring is 1. The SMILES string of the molecule is Cc1cc(N)c(NC(=O)NC2CCC2)cc1C. The maximum atomic E-state index is 11.7. The van der Waals surface area contributed by atoms with Gasteiger partial charge in [0.25, 0.3) is 0 Å². The van der Waals surface area contributed by atoms with Crippen molar-refractivity contribution in [1.29, 1.82) is 0 Å². The number of nitrogens with two attached hydrogens (primary N) is 1. The van der Waals surface area contributed by atoms with Gasteiger partial charge in [0.2, 0.25) is 0 Å². The lowest BCUT2D eigenvalue weighted by Crippen LogP contribution is -2.41. The molecule has 17 heavy (non-hydrogen) atoms. The number of benzene rings is 1. The summed E-state index contributed by atoms with van der Waals surface area (Å²) in [4.78, 5) is 11.7. The van der Waals surface area contributed by atoms with Crippen molar-refractivity contribution in [2.75, 3.05) is 11.1 Å². The molecule has 2 amide bonds. The highest BCUT2D eigenvalue weighted by Gasteiger charge is 2.19. The Kier molecular flexibility index (Phi) is 3.22.